The smallest absolute Gasteiger partial charge is 0.252 e. The quantitative estimate of drug-likeness (QED) is 0.707. The molecule has 3 aromatic rings. The van der Waals surface area contributed by atoms with Crippen molar-refractivity contribution in [2.75, 3.05) is 5.32 Å². The second kappa shape index (κ2) is 7.38. The first-order chi connectivity index (χ1) is 12.5. The van der Waals surface area contributed by atoms with E-state index in [1.54, 1.807) is 31.4 Å². The summed E-state index contributed by atoms with van der Waals surface area (Å²) in [5.74, 6) is 0.999. The molecule has 0 atom stereocenters. The number of rotatable bonds is 6. The topological polar surface area (TPSA) is 106 Å². The van der Waals surface area contributed by atoms with Gasteiger partial charge in [-0.05, 0) is 31.9 Å². The summed E-state index contributed by atoms with van der Waals surface area (Å²) < 4.78 is 6.79. The van der Waals surface area contributed by atoms with Gasteiger partial charge in [0.15, 0.2) is 5.76 Å². The molecule has 0 aliphatic carbocycles. The van der Waals surface area contributed by atoms with E-state index in [-0.39, 0.29) is 23.3 Å². The van der Waals surface area contributed by atoms with Gasteiger partial charge < -0.3 is 9.73 Å². The summed E-state index contributed by atoms with van der Waals surface area (Å²) in [5, 5.41) is 7.33. The predicted octanol–water partition coefficient (Wildman–Crippen LogP) is 2.90. The van der Waals surface area contributed by atoms with E-state index in [0.29, 0.717) is 23.0 Å². The van der Waals surface area contributed by atoms with E-state index in [0.717, 1.165) is 12.8 Å². The normalized spacial score (nSPS) is 11.1. The summed E-state index contributed by atoms with van der Waals surface area (Å²) >= 11 is 0. The summed E-state index contributed by atoms with van der Waals surface area (Å²) in [6.07, 6.45) is 3.02. The highest BCUT2D eigenvalue weighted by atomic mass is 16.3. The lowest BCUT2D eigenvalue weighted by atomic mass is 10.0. The number of carbonyl (C=O) groups is 1. The van der Waals surface area contributed by atoms with Gasteiger partial charge in [-0.2, -0.15) is 9.78 Å². The Hall–Kier alpha value is -3.16. The maximum Gasteiger partial charge on any atom is 0.252 e. The Balaban J connectivity index is 2.06. The number of hydrogen-bond acceptors (Lipinski definition) is 5. The van der Waals surface area contributed by atoms with Crippen LogP contribution in [0.4, 0.5) is 5.82 Å². The SMILES string of the molecule is CCC(CC)C(=O)Nc1cc(-c2ccco2)nn1-c1nc(C)cc(=O)[nH]1. The van der Waals surface area contributed by atoms with E-state index in [2.05, 4.69) is 20.4 Å². The van der Waals surface area contributed by atoms with Crippen LogP contribution in [-0.4, -0.2) is 25.7 Å². The van der Waals surface area contributed by atoms with E-state index in [1.807, 2.05) is 13.8 Å². The summed E-state index contributed by atoms with van der Waals surface area (Å²) in [6, 6.07) is 6.61. The number of anilines is 1. The molecule has 8 nitrogen and oxygen atoms in total. The Morgan fingerprint density at radius 3 is 2.73 bits per heavy atom. The monoisotopic (exact) mass is 355 g/mol. The molecule has 0 aliphatic heterocycles. The predicted molar refractivity (Wildman–Crippen MR) is 97.1 cm³/mol. The van der Waals surface area contributed by atoms with Crippen molar-refractivity contribution >= 4 is 11.7 Å². The fourth-order valence-electron chi connectivity index (χ4n) is 2.73. The zero-order valence-electron chi connectivity index (χ0n) is 14.9. The summed E-state index contributed by atoms with van der Waals surface area (Å²) in [7, 11) is 0. The minimum Gasteiger partial charge on any atom is -0.463 e. The maximum absolute atomic E-state index is 12.5. The molecular formula is C18H21N5O3. The second-order valence-electron chi connectivity index (χ2n) is 6.02. The van der Waals surface area contributed by atoms with E-state index >= 15 is 0 Å². The van der Waals surface area contributed by atoms with Gasteiger partial charge in [0.1, 0.15) is 11.5 Å². The first-order valence-electron chi connectivity index (χ1n) is 8.55. The number of H-pyrrole nitrogens is 1. The molecule has 0 unspecified atom stereocenters. The van der Waals surface area contributed by atoms with Gasteiger partial charge in [-0.25, -0.2) is 4.98 Å². The third-order valence-electron chi connectivity index (χ3n) is 4.15. The van der Waals surface area contributed by atoms with Crippen molar-refractivity contribution in [3.05, 3.63) is 46.6 Å². The van der Waals surface area contributed by atoms with Gasteiger partial charge in [0.2, 0.25) is 11.9 Å². The molecule has 0 saturated carbocycles. The highest BCUT2D eigenvalue weighted by molar-refractivity contribution is 5.92. The molecule has 0 aromatic carbocycles. The molecular weight excluding hydrogens is 334 g/mol. The number of hydrogen-bond donors (Lipinski definition) is 2. The second-order valence-corrected chi connectivity index (χ2v) is 6.02. The van der Waals surface area contributed by atoms with E-state index < -0.39 is 0 Å². The number of furan rings is 1. The number of amides is 1. The van der Waals surface area contributed by atoms with E-state index in [4.69, 9.17) is 4.42 Å². The van der Waals surface area contributed by atoms with Crippen LogP contribution in [0, 0.1) is 12.8 Å². The minimum absolute atomic E-state index is 0.0999. The molecule has 0 fully saturated rings. The number of nitrogens with one attached hydrogen (secondary N) is 2. The fraction of sp³-hybridized carbons (Fsp3) is 0.333. The van der Waals surface area contributed by atoms with Crippen molar-refractivity contribution in [3.8, 4) is 17.4 Å². The van der Waals surface area contributed by atoms with Crippen LogP contribution in [0.5, 0.6) is 0 Å². The Kier molecular flexibility index (Phi) is 5.01. The Morgan fingerprint density at radius 1 is 1.35 bits per heavy atom. The summed E-state index contributed by atoms with van der Waals surface area (Å²) in [5.41, 5.74) is 0.787. The molecule has 26 heavy (non-hydrogen) atoms. The Bertz CT molecular complexity index is 952. The molecule has 0 bridgehead atoms. The third-order valence-corrected chi connectivity index (χ3v) is 4.15. The Morgan fingerprint density at radius 2 is 2.12 bits per heavy atom. The van der Waals surface area contributed by atoms with Crippen molar-refractivity contribution in [2.24, 2.45) is 5.92 Å². The lowest BCUT2D eigenvalue weighted by Crippen LogP contribution is -2.24. The number of nitrogens with zero attached hydrogens (tertiary/aromatic N) is 3. The van der Waals surface area contributed by atoms with Crippen LogP contribution < -0.4 is 10.9 Å². The van der Waals surface area contributed by atoms with Crippen molar-refractivity contribution in [2.45, 2.75) is 33.6 Å². The molecule has 0 saturated heterocycles. The highest BCUT2D eigenvalue weighted by Gasteiger charge is 2.20. The molecule has 0 aliphatic rings. The van der Waals surface area contributed by atoms with Gasteiger partial charge in [0, 0.05) is 23.7 Å². The number of carbonyl (C=O) groups excluding carboxylic acids is 1. The van der Waals surface area contributed by atoms with Gasteiger partial charge in [-0.1, -0.05) is 13.8 Å². The van der Waals surface area contributed by atoms with Crippen molar-refractivity contribution in [1.29, 1.82) is 0 Å². The molecule has 136 valence electrons. The third kappa shape index (κ3) is 3.58. The zero-order valence-corrected chi connectivity index (χ0v) is 14.9. The first kappa shape index (κ1) is 17.7. The summed E-state index contributed by atoms with van der Waals surface area (Å²) in [4.78, 5) is 31.3. The summed E-state index contributed by atoms with van der Waals surface area (Å²) in [6.45, 7) is 5.66. The fourth-order valence-corrected chi connectivity index (χ4v) is 2.73. The van der Waals surface area contributed by atoms with Crippen LogP contribution in [-0.2, 0) is 4.79 Å². The molecule has 0 spiro atoms. The van der Waals surface area contributed by atoms with Crippen LogP contribution >= 0.6 is 0 Å². The van der Waals surface area contributed by atoms with Gasteiger partial charge in [0.25, 0.3) is 5.56 Å². The average Bonchev–Trinajstić information content (AvgIpc) is 3.24. The number of aryl methyl sites for hydroxylation is 1. The first-order valence-corrected chi connectivity index (χ1v) is 8.55. The standard InChI is InChI=1S/C18H21N5O3/c1-4-12(5-2)17(25)20-15-10-13(14-7-6-8-26-14)22-23(15)18-19-11(3)9-16(24)21-18/h6-10,12H,4-5H2,1-3H3,(H,20,25)(H,19,21,24). The van der Waals surface area contributed by atoms with Gasteiger partial charge in [0.05, 0.1) is 6.26 Å². The van der Waals surface area contributed by atoms with Gasteiger partial charge >= 0.3 is 0 Å². The van der Waals surface area contributed by atoms with Crippen molar-refractivity contribution in [3.63, 3.8) is 0 Å². The van der Waals surface area contributed by atoms with Crippen LogP contribution in [0.1, 0.15) is 32.4 Å². The van der Waals surface area contributed by atoms with Crippen LogP contribution in [0.25, 0.3) is 17.4 Å². The van der Waals surface area contributed by atoms with Crippen LogP contribution in [0.2, 0.25) is 0 Å². The molecule has 0 radical (unpaired) electrons. The number of aromatic amines is 1. The lowest BCUT2D eigenvalue weighted by Gasteiger charge is -2.13. The zero-order chi connectivity index (χ0) is 18.7. The van der Waals surface area contributed by atoms with Crippen molar-refractivity contribution in [1.82, 2.24) is 19.7 Å². The van der Waals surface area contributed by atoms with E-state index in [1.165, 1.54) is 10.7 Å². The molecule has 3 aromatic heterocycles. The molecule has 3 heterocycles. The van der Waals surface area contributed by atoms with Crippen LogP contribution in [0.3, 0.4) is 0 Å². The molecule has 8 heteroatoms. The van der Waals surface area contributed by atoms with Crippen molar-refractivity contribution < 1.29 is 9.21 Å². The number of aromatic nitrogens is 4. The van der Waals surface area contributed by atoms with Gasteiger partial charge in [-0.15, -0.1) is 0 Å². The minimum atomic E-state index is -0.292. The van der Waals surface area contributed by atoms with E-state index in [9.17, 15) is 9.59 Å². The van der Waals surface area contributed by atoms with Crippen LogP contribution in [0.15, 0.2) is 39.7 Å². The average molecular weight is 355 g/mol. The largest absolute Gasteiger partial charge is 0.463 e. The molecule has 3 rings (SSSR count). The molecule has 2 N–H and O–H groups in total. The molecule has 1 amide bonds. The van der Waals surface area contributed by atoms with Gasteiger partial charge in [-0.3, -0.25) is 14.6 Å². The maximum atomic E-state index is 12.5. The highest BCUT2D eigenvalue weighted by Crippen LogP contribution is 2.24. The lowest BCUT2D eigenvalue weighted by molar-refractivity contribution is -0.120. The Labute approximate surface area is 150 Å².